The predicted octanol–water partition coefficient (Wildman–Crippen LogP) is 3.09. The van der Waals surface area contributed by atoms with E-state index in [1.165, 1.54) is 25.6 Å². The molecule has 0 fully saturated rings. The summed E-state index contributed by atoms with van der Waals surface area (Å²) in [6.45, 7) is 2.30. The van der Waals surface area contributed by atoms with Gasteiger partial charge in [0.05, 0.1) is 32.3 Å². The van der Waals surface area contributed by atoms with Crippen molar-refractivity contribution in [3.63, 3.8) is 0 Å². The van der Waals surface area contributed by atoms with Gasteiger partial charge in [0.15, 0.2) is 0 Å². The predicted molar refractivity (Wildman–Crippen MR) is 88.6 cm³/mol. The van der Waals surface area contributed by atoms with Crippen LogP contribution in [-0.4, -0.2) is 38.9 Å². The van der Waals surface area contributed by atoms with Gasteiger partial charge in [-0.25, -0.2) is 9.59 Å². The minimum atomic E-state index is -0.622. The van der Waals surface area contributed by atoms with E-state index >= 15 is 0 Å². The van der Waals surface area contributed by atoms with Crippen LogP contribution in [0.5, 0.6) is 0 Å². The highest BCUT2D eigenvalue weighted by molar-refractivity contribution is 7.17. The van der Waals surface area contributed by atoms with Crippen LogP contribution in [0.3, 0.4) is 0 Å². The van der Waals surface area contributed by atoms with Crippen molar-refractivity contribution >= 4 is 34.4 Å². The SMILES string of the molecule is CCCCOC(=O)Nc1sc2c(c1C(=O)OC)C(C(=O)OC)CC2. The number of hydrogen-bond acceptors (Lipinski definition) is 7. The number of hydrogen-bond donors (Lipinski definition) is 1. The number of aryl methyl sites for hydroxylation is 1. The number of esters is 2. The first-order chi connectivity index (χ1) is 11.5. The molecular weight excluding hydrogens is 334 g/mol. The van der Waals surface area contributed by atoms with Crippen LogP contribution in [0.2, 0.25) is 0 Å². The maximum Gasteiger partial charge on any atom is 0.412 e. The van der Waals surface area contributed by atoms with E-state index < -0.39 is 23.9 Å². The average molecular weight is 355 g/mol. The molecule has 1 aromatic heterocycles. The van der Waals surface area contributed by atoms with E-state index in [0.29, 0.717) is 30.0 Å². The zero-order chi connectivity index (χ0) is 17.7. The summed E-state index contributed by atoms with van der Waals surface area (Å²) in [5.74, 6) is -1.50. The number of methoxy groups -OCH3 is 2. The number of amides is 1. The molecule has 0 bridgehead atoms. The third-order valence-corrected chi connectivity index (χ3v) is 5.03. The lowest BCUT2D eigenvalue weighted by Crippen LogP contribution is -2.18. The van der Waals surface area contributed by atoms with Gasteiger partial charge >= 0.3 is 18.0 Å². The van der Waals surface area contributed by atoms with Gasteiger partial charge in [-0.15, -0.1) is 11.3 Å². The molecule has 2 rings (SSSR count). The first kappa shape index (κ1) is 18.3. The van der Waals surface area contributed by atoms with Gasteiger partial charge in [-0.05, 0) is 24.8 Å². The fourth-order valence-corrected chi connectivity index (χ4v) is 3.92. The molecule has 1 heterocycles. The molecule has 1 aliphatic rings. The van der Waals surface area contributed by atoms with Crippen molar-refractivity contribution in [1.29, 1.82) is 0 Å². The number of carbonyl (C=O) groups is 3. The van der Waals surface area contributed by atoms with Crippen molar-refractivity contribution in [2.45, 2.75) is 38.5 Å². The molecule has 0 radical (unpaired) electrons. The fourth-order valence-electron chi connectivity index (χ4n) is 2.67. The second-order valence-corrected chi connectivity index (χ2v) is 6.47. The van der Waals surface area contributed by atoms with Crippen molar-refractivity contribution in [2.24, 2.45) is 0 Å². The van der Waals surface area contributed by atoms with Crippen LogP contribution in [0.4, 0.5) is 9.80 Å². The van der Waals surface area contributed by atoms with Gasteiger partial charge in [0.25, 0.3) is 0 Å². The Labute approximate surface area is 144 Å². The summed E-state index contributed by atoms with van der Waals surface area (Å²) in [6.07, 6.45) is 2.29. The van der Waals surface area contributed by atoms with Crippen LogP contribution in [-0.2, 0) is 25.4 Å². The Balaban J connectivity index is 2.28. The Morgan fingerprint density at radius 3 is 2.62 bits per heavy atom. The maximum absolute atomic E-state index is 12.2. The highest BCUT2D eigenvalue weighted by atomic mass is 32.1. The van der Waals surface area contributed by atoms with Gasteiger partial charge in [-0.1, -0.05) is 13.3 Å². The normalized spacial score (nSPS) is 15.5. The lowest BCUT2D eigenvalue weighted by Gasteiger charge is -2.11. The van der Waals surface area contributed by atoms with Crippen molar-refractivity contribution in [3.8, 4) is 0 Å². The lowest BCUT2D eigenvalue weighted by atomic mass is 9.99. The highest BCUT2D eigenvalue weighted by Crippen LogP contribution is 2.45. The van der Waals surface area contributed by atoms with Gasteiger partial charge < -0.3 is 14.2 Å². The largest absolute Gasteiger partial charge is 0.469 e. The van der Waals surface area contributed by atoms with Crippen LogP contribution in [0.25, 0.3) is 0 Å². The van der Waals surface area contributed by atoms with Gasteiger partial charge in [0.2, 0.25) is 0 Å². The Bertz CT molecular complexity index is 639. The topological polar surface area (TPSA) is 90.9 Å². The van der Waals surface area contributed by atoms with Crippen molar-refractivity contribution in [2.75, 3.05) is 26.1 Å². The third kappa shape index (κ3) is 3.69. The summed E-state index contributed by atoms with van der Waals surface area (Å²) in [5.41, 5.74) is 0.820. The molecule has 1 aromatic rings. The van der Waals surface area contributed by atoms with E-state index in [2.05, 4.69) is 5.32 Å². The molecule has 0 saturated carbocycles. The monoisotopic (exact) mass is 355 g/mol. The molecule has 1 atom stereocenters. The Morgan fingerprint density at radius 2 is 2.00 bits per heavy atom. The van der Waals surface area contributed by atoms with Crippen molar-refractivity contribution in [3.05, 3.63) is 16.0 Å². The minimum absolute atomic E-state index is 0.220. The molecule has 1 N–H and O–H groups in total. The smallest absolute Gasteiger partial charge is 0.412 e. The summed E-state index contributed by atoms with van der Waals surface area (Å²) in [7, 11) is 2.58. The fraction of sp³-hybridized carbons (Fsp3) is 0.562. The van der Waals surface area contributed by atoms with E-state index in [4.69, 9.17) is 14.2 Å². The number of rotatable bonds is 6. The molecule has 8 heteroatoms. The highest BCUT2D eigenvalue weighted by Gasteiger charge is 2.38. The first-order valence-corrected chi connectivity index (χ1v) is 8.60. The second-order valence-electron chi connectivity index (χ2n) is 5.36. The minimum Gasteiger partial charge on any atom is -0.469 e. The molecule has 1 unspecified atom stereocenters. The molecule has 7 nitrogen and oxygen atoms in total. The third-order valence-electron chi connectivity index (χ3n) is 3.85. The number of nitrogens with one attached hydrogen (secondary N) is 1. The van der Waals surface area contributed by atoms with Crippen LogP contribution in [0, 0.1) is 0 Å². The quantitative estimate of drug-likeness (QED) is 0.479. The zero-order valence-electron chi connectivity index (χ0n) is 14.0. The van der Waals surface area contributed by atoms with Crippen LogP contribution < -0.4 is 5.32 Å². The molecule has 0 aromatic carbocycles. The standard InChI is InChI=1S/C16H21NO6S/c1-4-5-8-23-16(20)17-13-12(15(19)22-3)11-9(14(18)21-2)6-7-10(11)24-13/h9H,4-8H2,1-3H3,(H,17,20). The number of thiophene rings is 1. The molecule has 0 spiro atoms. The van der Waals surface area contributed by atoms with Crippen molar-refractivity contribution in [1.82, 2.24) is 0 Å². The maximum atomic E-state index is 12.2. The van der Waals surface area contributed by atoms with Crippen LogP contribution >= 0.6 is 11.3 Å². The number of fused-ring (bicyclic) bond motifs is 1. The zero-order valence-corrected chi connectivity index (χ0v) is 14.8. The van der Waals surface area contributed by atoms with E-state index in [9.17, 15) is 14.4 Å². The van der Waals surface area contributed by atoms with E-state index in [1.807, 2.05) is 6.92 Å². The number of unbranched alkanes of at least 4 members (excludes halogenated alkanes) is 1. The van der Waals surface area contributed by atoms with Gasteiger partial charge in [0, 0.05) is 4.88 Å². The van der Waals surface area contributed by atoms with Gasteiger partial charge in [0.1, 0.15) is 5.00 Å². The number of anilines is 1. The number of carbonyl (C=O) groups excluding carboxylic acids is 3. The molecule has 1 aliphatic carbocycles. The van der Waals surface area contributed by atoms with Gasteiger partial charge in [-0.3, -0.25) is 10.1 Å². The summed E-state index contributed by atoms with van der Waals surface area (Å²) < 4.78 is 14.7. The average Bonchev–Trinajstić information content (AvgIpc) is 3.12. The molecule has 0 aliphatic heterocycles. The molecule has 24 heavy (non-hydrogen) atoms. The summed E-state index contributed by atoms with van der Waals surface area (Å²) in [4.78, 5) is 36.9. The summed E-state index contributed by atoms with van der Waals surface area (Å²) >= 11 is 1.27. The lowest BCUT2D eigenvalue weighted by molar-refractivity contribution is -0.142. The molecule has 132 valence electrons. The number of ether oxygens (including phenoxy) is 3. The Kier molecular flexibility index (Phi) is 6.19. The van der Waals surface area contributed by atoms with Crippen LogP contribution in [0.15, 0.2) is 0 Å². The molecular formula is C16H21NO6S. The van der Waals surface area contributed by atoms with E-state index in [0.717, 1.165) is 17.7 Å². The van der Waals surface area contributed by atoms with Crippen molar-refractivity contribution < 1.29 is 28.6 Å². The van der Waals surface area contributed by atoms with Gasteiger partial charge in [-0.2, -0.15) is 0 Å². The summed E-state index contributed by atoms with van der Waals surface area (Å²) in [5, 5.41) is 2.95. The van der Waals surface area contributed by atoms with E-state index in [-0.39, 0.29) is 5.56 Å². The molecule has 1 amide bonds. The van der Waals surface area contributed by atoms with Crippen LogP contribution in [0.1, 0.15) is 52.9 Å². The van der Waals surface area contributed by atoms with E-state index in [1.54, 1.807) is 0 Å². The first-order valence-electron chi connectivity index (χ1n) is 7.78. The summed E-state index contributed by atoms with van der Waals surface area (Å²) in [6, 6.07) is 0. The second kappa shape index (κ2) is 8.14. The Morgan fingerprint density at radius 1 is 1.25 bits per heavy atom. The Hall–Kier alpha value is -2.09. The molecule has 0 saturated heterocycles.